The van der Waals surface area contributed by atoms with Gasteiger partial charge in [0, 0.05) is 31.7 Å². The Morgan fingerprint density at radius 1 is 1.27 bits per heavy atom. The smallest absolute Gasteiger partial charge is 0.271 e. The van der Waals surface area contributed by atoms with Crippen LogP contribution in [0.1, 0.15) is 34.9 Å². The largest absolute Gasteiger partial charge is 0.354 e. The number of benzene rings is 1. The number of aryl methyl sites for hydroxylation is 1. The van der Waals surface area contributed by atoms with Gasteiger partial charge in [-0.15, -0.1) is 0 Å². The maximum Gasteiger partial charge on any atom is 0.271 e. The predicted molar refractivity (Wildman–Crippen MR) is 100 cm³/mol. The average Bonchev–Trinajstić information content (AvgIpc) is 3.18. The van der Waals surface area contributed by atoms with Crippen LogP contribution in [-0.4, -0.2) is 45.8 Å². The quantitative estimate of drug-likeness (QED) is 0.785. The van der Waals surface area contributed by atoms with Crippen molar-refractivity contribution in [1.82, 2.24) is 25.1 Å². The SMILES string of the molecule is CNC(=O)c1ccn([C@H]2CCCN(c3ncnc4c(C)cccc34)C2)n1. The van der Waals surface area contributed by atoms with Crippen LogP contribution in [0.25, 0.3) is 10.9 Å². The summed E-state index contributed by atoms with van der Waals surface area (Å²) in [6, 6.07) is 8.19. The van der Waals surface area contributed by atoms with Crippen molar-refractivity contribution in [2.45, 2.75) is 25.8 Å². The Hall–Kier alpha value is -2.96. The lowest BCUT2D eigenvalue weighted by molar-refractivity contribution is 0.0957. The third-order valence-electron chi connectivity index (χ3n) is 4.98. The van der Waals surface area contributed by atoms with Gasteiger partial charge in [-0.1, -0.05) is 12.1 Å². The highest BCUT2D eigenvalue weighted by Crippen LogP contribution is 2.30. The van der Waals surface area contributed by atoms with Crippen molar-refractivity contribution in [2.24, 2.45) is 0 Å². The number of amides is 1. The molecule has 1 aliphatic rings. The van der Waals surface area contributed by atoms with Crippen LogP contribution in [0.4, 0.5) is 5.82 Å². The minimum atomic E-state index is -0.159. The minimum Gasteiger partial charge on any atom is -0.354 e. The van der Waals surface area contributed by atoms with Gasteiger partial charge in [-0.05, 0) is 37.5 Å². The van der Waals surface area contributed by atoms with E-state index in [1.807, 2.05) is 10.9 Å². The summed E-state index contributed by atoms with van der Waals surface area (Å²) >= 11 is 0. The zero-order valence-electron chi connectivity index (χ0n) is 15.0. The molecule has 2 aromatic heterocycles. The number of nitrogens with zero attached hydrogens (tertiary/aromatic N) is 5. The highest BCUT2D eigenvalue weighted by atomic mass is 16.1. The minimum absolute atomic E-state index is 0.159. The molecule has 3 heterocycles. The first-order valence-electron chi connectivity index (χ1n) is 8.90. The van der Waals surface area contributed by atoms with E-state index in [2.05, 4.69) is 50.4 Å². The molecule has 7 heteroatoms. The average molecular weight is 350 g/mol. The van der Waals surface area contributed by atoms with Crippen LogP contribution >= 0.6 is 0 Å². The molecule has 1 amide bonds. The van der Waals surface area contributed by atoms with Gasteiger partial charge in [-0.2, -0.15) is 5.10 Å². The van der Waals surface area contributed by atoms with Crippen molar-refractivity contribution in [1.29, 1.82) is 0 Å². The van der Waals surface area contributed by atoms with E-state index in [4.69, 9.17) is 0 Å². The summed E-state index contributed by atoms with van der Waals surface area (Å²) in [5, 5.41) is 8.15. The predicted octanol–water partition coefficient (Wildman–Crippen LogP) is 2.34. The maximum absolute atomic E-state index is 11.8. The van der Waals surface area contributed by atoms with Crippen molar-refractivity contribution in [3.63, 3.8) is 0 Å². The van der Waals surface area contributed by atoms with Crippen LogP contribution in [0, 0.1) is 6.92 Å². The lowest BCUT2D eigenvalue weighted by Crippen LogP contribution is -2.37. The Morgan fingerprint density at radius 2 is 2.15 bits per heavy atom. The Kier molecular flexibility index (Phi) is 4.28. The van der Waals surface area contributed by atoms with Gasteiger partial charge >= 0.3 is 0 Å². The molecule has 1 aromatic carbocycles. The summed E-state index contributed by atoms with van der Waals surface area (Å²) in [7, 11) is 1.62. The fourth-order valence-electron chi connectivity index (χ4n) is 3.63. The molecule has 1 fully saturated rings. The van der Waals surface area contributed by atoms with Crippen molar-refractivity contribution in [3.05, 3.63) is 48.0 Å². The fraction of sp³-hybridized carbons (Fsp3) is 0.368. The van der Waals surface area contributed by atoms with Crippen LogP contribution in [-0.2, 0) is 0 Å². The van der Waals surface area contributed by atoms with Gasteiger partial charge in [-0.25, -0.2) is 9.97 Å². The van der Waals surface area contributed by atoms with Crippen molar-refractivity contribution in [2.75, 3.05) is 25.0 Å². The molecule has 0 unspecified atom stereocenters. The van der Waals surface area contributed by atoms with Crippen LogP contribution in [0.2, 0.25) is 0 Å². The van der Waals surface area contributed by atoms with E-state index in [0.29, 0.717) is 5.69 Å². The number of carbonyl (C=O) groups excluding carboxylic acids is 1. The van der Waals surface area contributed by atoms with Crippen molar-refractivity contribution >= 4 is 22.6 Å². The summed E-state index contributed by atoms with van der Waals surface area (Å²) in [5.41, 5.74) is 2.61. The third kappa shape index (κ3) is 2.89. The van der Waals surface area contributed by atoms with E-state index >= 15 is 0 Å². The second-order valence-corrected chi connectivity index (χ2v) is 6.67. The molecule has 0 radical (unpaired) electrons. The van der Waals surface area contributed by atoms with Crippen LogP contribution in [0.3, 0.4) is 0 Å². The van der Waals surface area contributed by atoms with Gasteiger partial charge in [0.15, 0.2) is 0 Å². The van der Waals surface area contributed by atoms with E-state index < -0.39 is 0 Å². The first-order chi connectivity index (χ1) is 12.7. The number of anilines is 1. The Balaban J connectivity index is 1.62. The lowest BCUT2D eigenvalue weighted by atomic mass is 10.0. The highest BCUT2D eigenvalue weighted by Gasteiger charge is 2.25. The number of hydrogen-bond donors (Lipinski definition) is 1. The molecule has 0 spiro atoms. The number of piperidine rings is 1. The zero-order chi connectivity index (χ0) is 18.1. The zero-order valence-corrected chi connectivity index (χ0v) is 15.0. The number of nitrogens with one attached hydrogen (secondary N) is 1. The lowest BCUT2D eigenvalue weighted by Gasteiger charge is -2.34. The molecule has 0 aliphatic carbocycles. The Labute approximate surface area is 152 Å². The van der Waals surface area contributed by atoms with Crippen LogP contribution in [0.15, 0.2) is 36.8 Å². The van der Waals surface area contributed by atoms with Gasteiger partial charge in [0.05, 0.1) is 11.6 Å². The van der Waals surface area contributed by atoms with E-state index in [-0.39, 0.29) is 11.9 Å². The van der Waals surface area contributed by atoms with Gasteiger partial charge in [-0.3, -0.25) is 9.48 Å². The highest BCUT2D eigenvalue weighted by molar-refractivity contribution is 5.92. The molecule has 1 saturated heterocycles. The fourth-order valence-corrected chi connectivity index (χ4v) is 3.63. The number of para-hydroxylation sites is 1. The summed E-state index contributed by atoms with van der Waals surface area (Å²) in [5.74, 6) is 0.816. The summed E-state index contributed by atoms with van der Waals surface area (Å²) in [6.45, 7) is 3.84. The van der Waals surface area contributed by atoms with Gasteiger partial charge in [0.1, 0.15) is 17.8 Å². The first kappa shape index (κ1) is 16.5. The maximum atomic E-state index is 11.8. The Bertz CT molecular complexity index is 950. The van der Waals surface area contributed by atoms with Crippen molar-refractivity contribution in [3.8, 4) is 0 Å². The van der Waals surface area contributed by atoms with Crippen molar-refractivity contribution < 1.29 is 4.79 Å². The third-order valence-corrected chi connectivity index (χ3v) is 4.98. The summed E-state index contributed by atoms with van der Waals surface area (Å²) < 4.78 is 1.91. The number of rotatable bonds is 3. The molecule has 1 N–H and O–H groups in total. The first-order valence-corrected chi connectivity index (χ1v) is 8.90. The second-order valence-electron chi connectivity index (χ2n) is 6.67. The van der Waals surface area contributed by atoms with Crippen LogP contribution < -0.4 is 10.2 Å². The van der Waals surface area contributed by atoms with E-state index in [9.17, 15) is 4.79 Å². The van der Waals surface area contributed by atoms with Crippen LogP contribution in [0.5, 0.6) is 0 Å². The number of fused-ring (bicyclic) bond motifs is 1. The normalized spacial score (nSPS) is 17.5. The summed E-state index contributed by atoms with van der Waals surface area (Å²) in [4.78, 5) is 23.1. The van der Waals surface area contributed by atoms with E-state index in [0.717, 1.165) is 48.2 Å². The second kappa shape index (κ2) is 6.74. The molecule has 0 bridgehead atoms. The number of aromatic nitrogens is 4. The van der Waals surface area contributed by atoms with E-state index in [1.54, 1.807) is 19.4 Å². The standard InChI is InChI=1S/C19H22N6O/c1-13-5-3-7-15-17(13)21-12-22-18(15)24-9-4-6-14(11-24)25-10-8-16(23-25)19(26)20-2/h3,5,7-8,10,12,14H,4,6,9,11H2,1-2H3,(H,20,26)/t14-/m0/s1. The monoisotopic (exact) mass is 350 g/mol. The molecule has 1 atom stereocenters. The molecule has 3 aromatic rings. The van der Waals surface area contributed by atoms with E-state index in [1.165, 1.54) is 0 Å². The molecule has 26 heavy (non-hydrogen) atoms. The van der Waals surface area contributed by atoms with Gasteiger partial charge in [0.2, 0.25) is 0 Å². The molecule has 0 saturated carbocycles. The molecule has 134 valence electrons. The Morgan fingerprint density at radius 3 is 3.00 bits per heavy atom. The molecular formula is C19H22N6O. The number of carbonyl (C=O) groups is 1. The van der Waals surface area contributed by atoms with Gasteiger partial charge < -0.3 is 10.2 Å². The molecule has 4 rings (SSSR count). The molecule has 1 aliphatic heterocycles. The van der Waals surface area contributed by atoms with Gasteiger partial charge in [0.25, 0.3) is 5.91 Å². The summed E-state index contributed by atoms with van der Waals surface area (Å²) in [6.07, 6.45) is 5.62. The topological polar surface area (TPSA) is 75.9 Å². The molecule has 7 nitrogen and oxygen atoms in total. The molecular weight excluding hydrogens is 328 g/mol. The number of hydrogen-bond acceptors (Lipinski definition) is 5.